The highest BCUT2D eigenvalue weighted by Gasteiger charge is 2.48. The van der Waals surface area contributed by atoms with Crippen molar-refractivity contribution in [2.24, 2.45) is 0 Å². The molecule has 0 radical (unpaired) electrons. The van der Waals surface area contributed by atoms with Crippen molar-refractivity contribution in [2.75, 3.05) is 6.61 Å². The molecular weight excluding hydrogens is 290 g/mol. The van der Waals surface area contributed by atoms with E-state index in [4.69, 9.17) is 4.74 Å². The minimum Gasteiger partial charge on any atom is -0.507 e. The van der Waals surface area contributed by atoms with Crippen LogP contribution in [0.25, 0.3) is 0 Å². The summed E-state index contributed by atoms with van der Waals surface area (Å²) in [5.74, 6) is -0.717. The fourth-order valence-corrected chi connectivity index (χ4v) is 2.45. The molecule has 0 aromatic heterocycles. The highest BCUT2D eigenvalue weighted by Crippen LogP contribution is 2.28. The smallest absolute Gasteiger partial charge is 0.255 e. The van der Waals surface area contributed by atoms with E-state index >= 15 is 0 Å². The summed E-state index contributed by atoms with van der Waals surface area (Å²) in [6.07, 6.45) is -3.07. The molecule has 1 heterocycles. The van der Waals surface area contributed by atoms with Crippen LogP contribution in [0.4, 0.5) is 0 Å². The Balaban J connectivity index is 2.25. The molecule has 2 rings (SSSR count). The number of hydrogen-bond donors (Lipinski definition) is 5. The number of benzene rings is 1. The van der Waals surface area contributed by atoms with Crippen LogP contribution in [-0.4, -0.2) is 57.0 Å². The molecule has 122 valence electrons. The van der Waals surface area contributed by atoms with E-state index in [2.05, 4.69) is 5.32 Å². The number of aromatic hydroxyl groups is 1. The number of aryl methyl sites for hydroxylation is 2. The highest BCUT2D eigenvalue weighted by atomic mass is 16.6. The summed E-state index contributed by atoms with van der Waals surface area (Å²) in [6, 6.07) is 2.47. The maximum atomic E-state index is 12.4. The maximum Gasteiger partial charge on any atom is 0.255 e. The van der Waals surface area contributed by atoms with Gasteiger partial charge in [-0.25, -0.2) is 0 Å². The molecule has 1 aromatic rings. The van der Waals surface area contributed by atoms with Gasteiger partial charge in [-0.15, -0.1) is 0 Å². The second kappa shape index (κ2) is 5.85. The molecule has 1 aliphatic rings. The first kappa shape index (κ1) is 16.7. The fraction of sp³-hybridized carbons (Fsp3) is 0.533. The lowest BCUT2D eigenvalue weighted by atomic mass is 9.87. The van der Waals surface area contributed by atoms with Crippen LogP contribution < -0.4 is 5.32 Å². The lowest BCUT2D eigenvalue weighted by molar-refractivity contribution is -0.259. The van der Waals surface area contributed by atoms with Crippen molar-refractivity contribution in [3.8, 4) is 5.75 Å². The first-order valence-corrected chi connectivity index (χ1v) is 6.96. The van der Waals surface area contributed by atoms with Crippen molar-refractivity contribution >= 4 is 5.91 Å². The Morgan fingerprint density at radius 2 is 1.91 bits per heavy atom. The predicted molar refractivity (Wildman–Crippen MR) is 77.4 cm³/mol. The molecule has 0 unspecified atom stereocenters. The van der Waals surface area contributed by atoms with Crippen LogP contribution in [0.3, 0.4) is 0 Å². The lowest BCUT2D eigenvalue weighted by Gasteiger charge is -2.43. The first-order chi connectivity index (χ1) is 10.2. The average molecular weight is 311 g/mol. The number of rotatable bonds is 2. The van der Waals surface area contributed by atoms with Gasteiger partial charge in [0.25, 0.3) is 5.91 Å². The molecule has 0 bridgehead atoms. The largest absolute Gasteiger partial charge is 0.507 e. The van der Waals surface area contributed by atoms with Crippen LogP contribution in [0.1, 0.15) is 28.4 Å². The zero-order valence-corrected chi connectivity index (χ0v) is 12.7. The van der Waals surface area contributed by atoms with Gasteiger partial charge in [0.2, 0.25) is 0 Å². The Hall–Kier alpha value is -1.67. The van der Waals surface area contributed by atoms with Crippen molar-refractivity contribution in [1.82, 2.24) is 5.32 Å². The summed E-state index contributed by atoms with van der Waals surface area (Å²) in [5, 5.41) is 42.1. The number of carbonyl (C=O) groups excluding carboxylic acids is 1. The number of ether oxygens (including phenoxy) is 1. The molecule has 0 saturated carbocycles. The van der Waals surface area contributed by atoms with Crippen molar-refractivity contribution in [3.63, 3.8) is 0 Å². The molecule has 1 fully saturated rings. The quantitative estimate of drug-likeness (QED) is 0.505. The normalized spacial score (nSPS) is 31.8. The Morgan fingerprint density at radius 3 is 2.55 bits per heavy atom. The number of hydrogen-bond acceptors (Lipinski definition) is 6. The standard InChI is InChI=1S/C15H21NO6/c1-7-4-5-8(2)11(17)10(7)13(19)16-9-6-22-14(20)12(18)15(9,3)21/h4-5,9,12,14,17-18,20-21H,6H2,1-3H3,(H,16,19)/t9-,12+,14+,15-/m1/s1. The third kappa shape index (κ3) is 2.80. The summed E-state index contributed by atoms with van der Waals surface area (Å²) in [5.41, 5.74) is -0.521. The molecule has 1 amide bonds. The van der Waals surface area contributed by atoms with E-state index in [1.807, 2.05) is 0 Å². The summed E-state index contributed by atoms with van der Waals surface area (Å²) in [6.45, 7) is 4.49. The molecule has 7 heteroatoms. The number of phenols is 1. The Bertz CT molecular complexity index is 586. The van der Waals surface area contributed by atoms with Crippen LogP contribution >= 0.6 is 0 Å². The number of phenolic OH excluding ortho intramolecular Hbond substituents is 1. The van der Waals surface area contributed by atoms with Gasteiger partial charge in [-0.2, -0.15) is 0 Å². The predicted octanol–water partition coefficient (Wildman–Crippen LogP) is -0.432. The van der Waals surface area contributed by atoms with Gasteiger partial charge < -0.3 is 30.5 Å². The second-order valence-corrected chi connectivity index (χ2v) is 5.84. The van der Waals surface area contributed by atoms with Crippen molar-refractivity contribution in [1.29, 1.82) is 0 Å². The summed E-state index contributed by atoms with van der Waals surface area (Å²) in [7, 11) is 0. The Morgan fingerprint density at radius 1 is 1.32 bits per heavy atom. The van der Waals surface area contributed by atoms with Gasteiger partial charge >= 0.3 is 0 Å². The molecular formula is C15H21NO6. The molecule has 1 saturated heterocycles. The van der Waals surface area contributed by atoms with Gasteiger partial charge in [-0.05, 0) is 31.9 Å². The average Bonchev–Trinajstić information content (AvgIpc) is 2.44. The Kier molecular flexibility index (Phi) is 4.44. The SMILES string of the molecule is Cc1ccc(C)c(C(=O)N[C@@H]2CO[C@H](O)[C@H](O)[C@]2(C)O)c1O. The molecule has 0 spiro atoms. The minimum atomic E-state index is -1.76. The van der Waals surface area contributed by atoms with Crippen molar-refractivity contribution in [2.45, 2.75) is 44.8 Å². The molecule has 7 nitrogen and oxygen atoms in total. The zero-order valence-electron chi connectivity index (χ0n) is 12.7. The van der Waals surface area contributed by atoms with E-state index in [-0.39, 0.29) is 17.9 Å². The lowest BCUT2D eigenvalue weighted by Crippen LogP contribution is -2.66. The Labute approximate surface area is 128 Å². The van der Waals surface area contributed by atoms with Gasteiger partial charge in [0.15, 0.2) is 6.29 Å². The topological polar surface area (TPSA) is 119 Å². The van der Waals surface area contributed by atoms with E-state index in [0.717, 1.165) is 0 Å². The van der Waals surface area contributed by atoms with E-state index in [1.54, 1.807) is 26.0 Å². The number of aliphatic hydroxyl groups excluding tert-OH is 2. The van der Waals surface area contributed by atoms with Gasteiger partial charge in [0.05, 0.1) is 18.2 Å². The van der Waals surface area contributed by atoms with Crippen molar-refractivity contribution in [3.05, 3.63) is 28.8 Å². The van der Waals surface area contributed by atoms with E-state index in [9.17, 15) is 25.2 Å². The molecule has 5 N–H and O–H groups in total. The summed E-state index contributed by atoms with van der Waals surface area (Å²) >= 11 is 0. The number of aliphatic hydroxyl groups is 3. The number of amides is 1. The zero-order chi connectivity index (χ0) is 16.7. The van der Waals surface area contributed by atoms with E-state index in [0.29, 0.717) is 11.1 Å². The molecule has 0 aliphatic carbocycles. The first-order valence-electron chi connectivity index (χ1n) is 6.96. The molecule has 1 aliphatic heterocycles. The van der Waals surface area contributed by atoms with Gasteiger partial charge in [0, 0.05) is 0 Å². The van der Waals surface area contributed by atoms with E-state index in [1.165, 1.54) is 6.92 Å². The second-order valence-electron chi connectivity index (χ2n) is 5.84. The van der Waals surface area contributed by atoms with Gasteiger partial charge in [-0.3, -0.25) is 4.79 Å². The van der Waals surface area contributed by atoms with Crippen LogP contribution in [-0.2, 0) is 4.74 Å². The van der Waals surface area contributed by atoms with Gasteiger partial charge in [0.1, 0.15) is 17.5 Å². The number of nitrogens with one attached hydrogen (secondary N) is 1. The monoisotopic (exact) mass is 311 g/mol. The summed E-state index contributed by atoms with van der Waals surface area (Å²) < 4.78 is 4.93. The van der Waals surface area contributed by atoms with Crippen LogP contribution in [0.15, 0.2) is 12.1 Å². The summed E-state index contributed by atoms with van der Waals surface area (Å²) in [4.78, 5) is 12.4. The molecule has 4 atom stereocenters. The van der Waals surface area contributed by atoms with Crippen LogP contribution in [0.5, 0.6) is 5.75 Å². The third-order valence-corrected chi connectivity index (χ3v) is 4.13. The maximum absolute atomic E-state index is 12.4. The third-order valence-electron chi connectivity index (χ3n) is 4.13. The highest BCUT2D eigenvalue weighted by molar-refractivity contribution is 5.99. The van der Waals surface area contributed by atoms with E-state index < -0.39 is 29.9 Å². The molecule has 1 aromatic carbocycles. The van der Waals surface area contributed by atoms with Crippen LogP contribution in [0, 0.1) is 13.8 Å². The van der Waals surface area contributed by atoms with Crippen LogP contribution in [0.2, 0.25) is 0 Å². The fourth-order valence-electron chi connectivity index (χ4n) is 2.45. The number of carbonyl (C=O) groups is 1. The molecule has 22 heavy (non-hydrogen) atoms. The van der Waals surface area contributed by atoms with Crippen molar-refractivity contribution < 1.29 is 30.0 Å². The van der Waals surface area contributed by atoms with Gasteiger partial charge in [-0.1, -0.05) is 12.1 Å². The minimum absolute atomic E-state index is 0.108.